The molecule has 5 rings (SSSR count). The fourth-order valence-electron chi connectivity index (χ4n) is 3.14. The Morgan fingerprint density at radius 1 is 0.652 bits per heavy atom. The number of nitrogens with zero attached hydrogens (tertiary/aromatic N) is 2. The first-order valence-corrected chi connectivity index (χ1v) is 7.62. The highest BCUT2D eigenvalue weighted by molar-refractivity contribution is 6.08. The Morgan fingerprint density at radius 3 is 2.48 bits per heavy atom. The Bertz CT molecular complexity index is 1170. The van der Waals surface area contributed by atoms with E-state index in [2.05, 4.69) is 63.7 Å². The number of H-pyrrole nitrogens is 1. The minimum atomic E-state index is 0.893. The van der Waals surface area contributed by atoms with Crippen LogP contribution in [0.3, 0.4) is 0 Å². The third kappa shape index (κ3) is 1.90. The minimum Gasteiger partial charge on any atom is -0.354 e. The zero-order valence-corrected chi connectivity index (χ0v) is 12.3. The number of aromatic amines is 1. The van der Waals surface area contributed by atoms with Crippen molar-refractivity contribution in [3.05, 3.63) is 72.8 Å². The van der Waals surface area contributed by atoms with Crippen LogP contribution in [0.25, 0.3) is 44.0 Å². The van der Waals surface area contributed by atoms with Crippen molar-refractivity contribution in [3.8, 4) is 11.3 Å². The second-order valence-electron chi connectivity index (χ2n) is 5.72. The predicted molar refractivity (Wildman–Crippen MR) is 94.3 cm³/mol. The first-order valence-electron chi connectivity index (χ1n) is 7.62. The molecule has 0 unspecified atom stereocenters. The van der Waals surface area contributed by atoms with E-state index in [4.69, 9.17) is 0 Å². The molecule has 0 fully saturated rings. The van der Waals surface area contributed by atoms with Gasteiger partial charge in [-0.25, -0.2) is 0 Å². The lowest BCUT2D eigenvalue weighted by Gasteiger charge is -2.02. The molecule has 0 amide bonds. The number of fused-ring (bicyclic) bond motifs is 4. The van der Waals surface area contributed by atoms with Gasteiger partial charge >= 0.3 is 0 Å². The first kappa shape index (κ1) is 12.4. The highest BCUT2D eigenvalue weighted by atomic mass is 15.1. The fourth-order valence-corrected chi connectivity index (χ4v) is 3.14. The maximum atomic E-state index is 4.37. The van der Waals surface area contributed by atoms with Gasteiger partial charge in [0.2, 0.25) is 0 Å². The molecule has 3 heteroatoms. The highest BCUT2D eigenvalue weighted by Crippen LogP contribution is 2.29. The van der Waals surface area contributed by atoms with Crippen LogP contribution in [0.4, 0.5) is 0 Å². The van der Waals surface area contributed by atoms with E-state index < -0.39 is 0 Å². The van der Waals surface area contributed by atoms with E-state index in [1.165, 1.54) is 10.8 Å². The molecular formula is C20H13N3. The Morgan fingerprint density at radius 2 is 1.48 bits per heavy atom. The van der Waals surface area contributed by atoms with Gasteiger partial charge in [0.25, 0.3) is 0 Å². The molecular weight excluding hydrogens is 282 g/mol. The first-order chi connectivity index (χ1) is 11.4. The molecule has 0 spiro atoms. The summed E-state index contributed by atoms with van der Waals surface area (Å²) in [4.78, 5) is 3.48. The van der Waals surface area contributed by atoms with E-state index in [0.717, 1.165) is 33.2 Å². The maximum Gasteiger partial charge on any atom is 0.0936 e. The van der Waals surface area contributed by atoms with Crippen molar-refractivity contribution in [2.75, 3.05) is 0 Å². The standard InChI is InChI=1S/C20H13N3/c1-3-7-17-13(5-1)11-19(23-22-17)14-9-10-16-15-6-2-4-8-18(15)21-20(16)12-14/h1-12,21H. The Hall–Kier alpha value is -3.20. The lowest BCUT2D eigenvalue weighted by Crippen LogP contribution is -1.88. The molecule has 0 saturated carbocycles. The molecule has 1 N–H and O–H groups in total. The van der Waals surface area contributed by atoms with E-state index in [-0.39, 0.29) is 0 Å². The molecule has 108 valence electrons. The van der Waals surface area contributed by atoms with E-state index in [1.54, 1.807) is 0 Å². The summed E-state index contributed by atoms with van der Waals surface area (Å²) in [5.41, 5.74) is 5.16. The van der Waals surface area contributed by atoms with Crippen LogP contribution in [0.2, 0.25) is 0 Å². The molecule has 5 aromatic rings. The van der Waals surface area contributed by atoms with Crippen LogP contribution in [-0.4, -0.2) is 15.2 Å². The number of benzene rings is 3. The number of nitrogens with one attached hydrogen (secondary N) is 1. The van der Waals surface area contributed by atoms with Crippen molar-refractivity contribution < 1.29 is 0 Å². The van der Waals surface area contributed by atoms with Crippen LogP contribution < -0.4 is 0 Å². The molecule has 0 atom stereocenters. The summed E-state index contributed by atoms with van der Waals surface area (Å²) < 4.78 is 0. The Labute approximate surface area is 132 Å². The maximum absolute atomic E-state index is 4.37. The lowest BCUT2D eigenvalue weighted by molar-refractivity contribution is 1.08. The molecule has 3 nitrogen and oxygen atoms in total. The molecule has 0 aliphatic rings. The summed E-state index contributed by atoms with van der Waals surface area (Å²) in [6, 6.07) is 24.9. The van der Waals surface area contributed by atoms with Crippen LogP contribution >= 0.6 is 0 Å². The summed E-state index contributed by atoms with van der Waals surface area (Å²) in [6.07, 6.45) is 0. The highest BCUT2D eigenvalue weighted by Gasteiger charge is 2.07. The molecule has 3 aromatic carbocycles. The van der Waals surface area contributed by atoms with Crippen molar-refractivity contribution in [1.29, 1.82) is 0 Å². The van der Waals surface area contributed by atoms with Crippen molar-refractivity contribution >= 4 is 32.7 Å². The van der Waals surface area contributed by atoms with Crippen LogP contribution in [0.1, 0.15) is 0 Å². The Kier molecular flexibility index (Phi) is 2.50. The fraction of sp³-hybridized carbons (Fsp3) is 0. The number of aromatic nitrogens is 3. The smallest absolute Gasteiger partial charge is 0.0936 e. The Balaban J connectivity index is 1.73. The van der Waals surface area contributed by atoms with Crippen LogP contribution in [-0.2, 0) is 0 Å². The second kappa shape index (κ2) is 4.65. The molecule has 0 aliphatic carbocycles. The predicted octanol–water partition coefficient (Wildman–Crippen LogP) is 4.93. The lowest BCUT2D eigenvalue weighted by atomic mass is 10.1. The van der Waals surface area contributed by atoms with Gasteiger partial charge in [-0.05, 0) is 24.3 Å². The molecule has 2 aromatic heterocycles. The number of hydrogen-bond acceptors (Lipinski definition) is 2. The van der Waals surface area contributed by atoms with E-state index >= 15 is 0 Å². The van der Waals surface area contributed by atoms with Crippen molar-refractivity contribution in [3.63, 3.8) is 0 Å². The minimum absolute atomic E-state index is 0.893. The molecule has 0 radical (unpaired) electrons. The summed E-state index contributed by atoms with van der Waals surface area (Å²) in [5.74, 6) is 0. The van der Waals surface area contributed by atoms with Crippen LogP contribution in [0.5, 0.6) is 0 Å². The van der Waals surface area contributed by atoms with Gasteiger partial charge in [-0.3, -0.25) is 0 Å². The second-order valence-corrected chi connectivity index (χ2v) is 5.72. The number of hydrogen-bond donors (Lipinski definition) is 1. The summed E-state index contributed by atoms with van der Waals surface area (Å²) in [6.45, 7) is 0. The molecule has 2 heterocycles. The average molecular weight is 295 g/mol. The average Bonchev–Trinajstić information content (AvgIpc) is 2.99. The van der Waals surface area contributed by atoms with E-state index in [0.29, 0.717) is 0 Å². The number of rotatable bonds is 1. The third-order valence-electron chi connectivity index (χ3n) is 4.30. The van der Waals surface area contributed by atoms with Gasteiger partial charge in [0, 0.05) is 32.8 Å². The zero-order chi connectivity index (χ0) is 15.2. The van der Waals surface area contributed by atoms with Crippen molar-refractivity contribution in [1.82, 2.24) is 15.2 Å². The van der Waals surface area contributed by atoms with E-state index in [9.17, 15) is 0 Å². The third-order valence-corrected chi connectivity index (χ3v) is 4.30. The van der Waals surface area contributed by atoms with Crippen LogP contribution in [0.15, 0.2) is 72.8 Å². The summed E-state index contributed by atoms with van der Waals surface area (Å²) >= 11 is 0. The van der Waals surface area contributed by atoms with Gasteiger partial charge in [0.1, 0.15) is 0 Å². The number of para-hydroxylation sites is 1. The van der Waals surface area contributed by atoms with Gasteiger partial charge in [-0.15, -0.1) is 10.2 Å². The zero-order valence-electron chi connectivity index (χ0n) is 12.3. The monoisotopic (exact) mass is 295 g/mol. The van der Waals surface area contributed by atoms with E-state index in [1.807, 2.05) is 24.3 Å². The van der Waals surface area contributed by atoms with Crippen molar-refractivity contribution in [2.45, 2.75) is 0 Å². The largest absolute Gasteiger partial charge is 0.354 e. The summed E-state index contributed by atoms with van der Waals surface area (Å²) in [5, 5.41) is 12.3. The quantitative estimate of drug-likeness (QED) is 0.476. The van der Waals surface area contributed by atoms with Crippen molar-refractivity contribution in [2.24, 2.45) is 0 Å². The molecule has 23 heavy (non-hydrogen) atoms. The topological polar surface area (TPSA) is 41.6 Å². The normalized spacial score (nSPS) is 11.5. The van der Waals surface area contributed by atoms with Gasteiger partial charge < -0.3 is 4.98 Å². The van der Waals surface area contributed by atoms with Gasteiger partial charge in [0.05, 0.1) is 11.2 Å². The molecule has 0 aliphatic heterocycles. The SMILES string of the molecule is c1ccc2nnc(-c3ccc4c(c3)[nH]c3ccccc34)cc2c1. The van der Waals surface area contributed by atoms with Crippen LogP contribution in [0, 0.1) is 0 Å². The van der Waals surface area contributed by atoms with Gasteiger partial charge in [-0.1, -0.05) is 48.5 Å². The molecule has 0 saturated heterocycles. The summed E-state index contributed by atoms with van der Waals surface area (Å²) in [7, 11) is 0. The molecule has 0 bridgehead atoms. The van der Waals surface area contributed by atoms with Gasteiger partial charge in [0.15, 0.2) is 0 Å². The van der Waals surface area contributed by atoms with Gasteiger partial charge in [-0.2, -0.15) is 0 Å².